The van der Waals surface area contributed by atoms with Gasteiger partial charge >= 0.3 is 0 Å². The van der Waals surface area contributed by atoms with Crippen LogP contribution in [0.2, 0.25) is 0 Å². The highest BCUT2D eigenvalue weighted by molar-refractivity contribution is 5.83. The number of aromatic nitrogens is 1. The summed E-state index contributed by atoms with van der Waals surface area (Å²) in [4.78, 5) is 7.08. The molecule has 0 aliphatic carbocycles. The molecule has 2 aromatic rings. The van der Waals surface area contributed by atoms with E-state index in [4.69, 9.17) is 4.98 Å². The minimum atomic E-state index is 0.457. The Balaban J connectivity index is 2.11. The maximum absolute atomic E-state index is 9.45. The first kappa shape index (κ1) is 12.9. The van der Waals surface area contributed by atoms with Gasteiger partial charge < -0.3 is 4.90 Å². The van der Waals surface area contributed by atoms with Gasteiger partial charge in [-0.15, -0.1) is 0 Å². The van der Waals surface area contributed by atoms with Gasteiger partial charge in [-0.1, -0.05) is 31.0 Å². The maximum atomic E-state index is 9.45. The van der Waals surface area contributed by atoms with Gasteiger partial charge in [0.05, 0.1) is 11.1 Å². The molecule has 0 amide bonds. The maximum Gasteiger partial charge on any atom is 0.147 e. The molecule has 1 atom stereocenters. The van der Waals surface area contributed by atoms with Crippen LogP contribution in [0.5, 0.6) is 0 Å². The van der Waals surface area contributed by atoms with Crippen LogP contribution in [-0.2, 0) is 0 Å². The van der Waals surface area contributed by atoms with Crippen LogP contribution in [0.4, 0.5) is 5.82 Å². The van der Waals surface area contributed by atoms with Crippen molar-refractivity contribution in [2.75, 3.05) is 11.4 Å². The predicted octanol–water partition coefficient (Wildman–Crippen LogP) is 3.88. The van der Waals surface area contributed by atoms with Crippen LogP contribution in [0, 0.1) is 11.3 Å². The fourth-order valence-electron chi connectivity index (χ4n) is 3.00. The number of nitrogens with zero attached hydrogens (tertiary/aromatic N) is 3. The zero-order valence-corrected chi connectivity index (χ0v) is 11.8. The molecule has 0 bridgehead atoms. The smallest absolute Gasteiger partial charge is 0.147 e. The van der Waals surface area contributed by atoms with E-state index in [1.807, 2.05) is 30.3 Å². The molecule has 0 radical (unpaired) electrons. The lowest BCUT2D eigenvalue weighted by Crippen LogP contribution is -2.33. The summed E-state index contributed by atoms with van der Waals surface area (Å²) in [5.74, 6) is 0.862. The first-order chi connectivity index (χ1) is 9.79. The number of para-hydroxylation sites is 1. The molecule has 1 aromatic carbocycles. The topological polar surface area (TPSA) is 39.9 Å². The Morgan fingerprint density at radius 3 is 2.95 bits per heavy atom. The lowest BCUT2D eigenvalue weighted by molar-refractivity contribution is 0.611. The molecule has 3 rings (SSSR count). The minimum Gasteiger partial charge on any atom is -0.353 e. The molecule has 1 saturated heterocycles. The third-order valence-corrected chi connectivity index (χ3v) is 4.15. The van der Waals surface area contributed by atoms with Crippen LogP contribution >= 0.6 is 0 Å². The van der Waals surface area contributed by atoms with Crippen molar-refractivity contribution in [3.8, 4) is 6.07 Å². The molecule has 2 heterocycles. The van der Waals surface area contributed by atoms with Crippen LogP contribution in [0.25, 0.3) is 10.9 Å². The normalized spacial score (nSPS) is 19.6. The lowest BCUT2D eigenvalue weighted by atomic mass is 10.1. The summed E-state index contributed by atoms with van der Waals surface area (Å²) in [6, 6.07) is 12.8. The van der Waals surface area contributed by atoms with Crippen molar-refractivity contribution in [3.05, 3.63) is 35.9 Å². The second-order valence-corrected chi connectivity index (χ2v) is 5.56. The number of benzene rings is 1. The number of hydrogen-bond donors (Lipinski definition) is 0. The van der Waals surface area contributed by atoms with Crippen LogP contribution in [-0.4, -0.2) is 17.6 Å². The van der Waals surface area contributed by atoms with Gasteiger partial charge in [0.1, 0.15) is 11.9 Å². The highest BCUT2D eigenvalue weighted by Crippen LogP contribution is 2.28. The summed E-state index contributed by atoms with van der Waals surface area (Å²) in [7, 11) is 0. The Bertz CT molecular complexity index is 657. The molecule has 1 fully saturated rings. The van der Waals surface area contributed by atoms with E-state index in [1.165, 1.54) is 25.7 Å². The molecule has 0 spiro atoms. The summed E-state index contributed by atoms with van der Waals surface area (Å²) in [5, 5.41) is 10.5. The second kappa shape index (κ2) is 5.50. The summed E-state index contributed by atoms with van der Waals surface area (Å²) in [6.07, 6.45) is 4.91. The molecule has 20 heavy (non-hydrogen) atoms. The summed E-state index contributed by atoms with van der Waals surface area (Å²) < 4.78 is 0. The first-order valence-corrected chi connectivity index (χ1v) is 7.36. The summed E-state index contributed by atoms with van der Waals surface area (Å²) in [6.45, 7) is 3.24. The third kappa shape index (κ3) is 2.34. The Morgan fingerprint density at radius 1 is 1.25 bits per heavy atom. The second-order valence-electron chi connectivity index (χ2n) is 5.56. The quantitative estimate of drug-likeness (QED) is 0.785. The van der Waals surface area contributed by atoms with Gasteiger partial charge in [-0.2, -0.15) is 5.26 Å². The van der Waals surface area contributed by atoms with Gasteiger partial charge in [0.2, 0.25) is 0 Å². The number of nitriles is 1. The molecule has 0 saturated carbocycles. The van der Waals surface area contributed by atoms with E-state index in [0.717, 1.165) is 23.3 Å². The third-order valence-electron chi connectivity index (χ3n) is 4.15. The Morgan fingerprint density at radius 2 is 2.10 bits per heavy atom. The molecule has 1 aliphatic heterocycles. The summed E-state index contributed by atoms with van der Waals surface area (Å²) in [5.41, 5.74) is 1.66. The van der Waals surface area contributed by atoms with Crippen molar-refractivity contribution < 1.29 is 0 Å². The molecular weight excluding hydrogens is 246 g/mol. The predicted molar refractivity (Wildman–Crippen MR) is 81.7 cm³/mol. The van der Waals surface area contributed by atoms with Gasteiger partial charge in [-0.3, -0.25) is 0 Å². The molecule has 3 nitrogen and oxygen atoms in total. The highest BCUT2D eigenvalue weighted by Gasteiger charge is 2.21. The van der Waals surface area contributed by atoms with Crippen LogP contribution in [0.15, 0.2) is 30.3 Å². The van der Waals surface area contributed by atoms with Gasteiger partial charge in [-0.05, 0) is 31.9 Å². The zero-order chi connectivity index (χ0) is 13.9. The van der Waals surface area contributed by atoms with Gasteiger partial charge in [0.15, 0.2) is 0 Å². The fourth-order valence-corrected chi connectivity index (χ4v) is 3.00. The first-order valence-electron chi connectivity index (χ1n) is 7.36. The molecule has 0 N–H and O–H groups in total. The van der Waals surface area contributed by atoms with E-state index in [2.05, 4.69) is 17.9 Å². The molecule has 102 valence electrons. The van der Waals surface area contributed by atoms with Crippen molar-refractivity contribution >= 4 is 16.7 Å². The Hall–Kier alpha value is -2.08. The standard InChI is InChI=1S/C17H19N3/c1-13-7-3-2-6-10-20(13)17-15(12-18)11-14-8-4-5-9-16(14)19-17/h4-5,8-9,11,13H,2-3,6-7,10H2,1H3. The van der Waals surface area contributed by atoms with E-state index in [9.17, 15) is 5.26 Å². The van der Waals surface area contributed by atoms with Gasteiger partial charge in [0.25, 0.3) is 0 Å². The van der Waals surface area contributed by atoms with Crippen molar-refractivity contribution in [3.63, 3.8) is 0 Å². The SMILES string of the molecule is CC1CCCCCN1c1nc2ccccc2cc1C#N. The van der Waals surface area contributed by atoms with Gasteiger partial charge in [-0.25, -0.2) is 4.98 Å². The number of anilines is 1. The number of hydrogen-bond acceptors (Lipinski definition) is 3. The van der Waals surface area contributed by atoms with Crippen LogP contribution in [0.3, 0.4) is 0 Å². The minimum absolute atomic E-state index is 0.457. The van der Waals surface area contributed by atoms with Crippen molar-refractivity contribution in [1.29, 1.82) is 5.26 Å². The van der Waals surface area contributed by atoms with Crippen LogP contribution in [0.1, 0.15) is 38.2 Å². The van der Waals surface area contributed by atoms with E-state index in [1.54, 1.807) is 0 Å². The average Bonchev–Trinajstić information content (AvgIpc) is 2.70. The molecule has 1 aliphatic rings. The lowest BCUT2D eigenvalue weighted by Gasteiger charge is -2.29. The Labute approximate surface area is 119 Å². The van der Waals surface area contributed by atoms with Crippen molar-refractivity contribution in [1.82, 2.24) is 4.98 Å². The van der Waals surface area contributed by atoms with Crippen molar-refractivity contribution in [2.45, 2.75) is 38.6 Å². The number of fused-ring (bicyclic) bond motifs is 1. The molecule has 1 unspecified atom stereocenters. The zero-order valence-electron chi connectivity index (χ0n) is 11.8. The molecule has 3 heteroatoms. The number of pyridine rings is 1. The fraction of sp³-hybridized carbons (Fsp3) is 0.412. The summed E-state index contributed by atoms with van der Waals surface area (Å²) >= 11 is 0. The van der Waals surface area contributed by atoms with Crippen LogP contribution < -0.4 is 4.90 Å². The largest absolute Gasteiger partial charge is 0.353 e. The number of rotatable bonds is 1. The highest BCUT2D eigenvalue weighted by atomic mass is 15.2. The molecular formula is C17H19N3. The average molecular weight is 265 g/mol. The molecule has 1 aromatic heterocycles. The van der Waals surface area contributed by atoms with E-state index in [0.29, 0.717) is 11.6 Å². The van der Waals surface area contributed by atoms with E-state index < -0.39 is 0 Å². The van der Waals surface area contributed by atoms with E-state index in [-0.39, 0.29) is 0 Å². The monoisotopic (exact) mass is 265 g/mol. The van der Waals surface area contributed by atoms with Crippen molar-refractivity contribution in [2.24, 2.45) is 0 Å². The van der Waals surface area contributed by atoms with Gasteiger partial charge in [0, 0.05) is 18.0 Å². The Kier molecular flexibility index (Phi) is 3.56. The van der Waals surface area contributed by atoms with E-state index >= 15 is 0 Å².